The maximum absolute atomic E-state index is 13.5. The number of hydrogen-bond donors (Lipinski definition) is 3. The molecule has 0 spiro atoms. The molecule has 0 fully saturated rings. The summed E-state index contributed by atoms with van der Waals surface area (Å²) in [6, 6.07) is 1.44. The molecule has 21 heavy (non-hydrogen) atoms. The van der Waals surface area contributed by atoms with Crippen LogP contribution < -0.4 is 11.1 Å². The quantitative estimate of drug-likeness (QED) is 0.378. The van der Waals surface area contributed by atoms with Crippen molar-refractivity contribution >= 4 is 23.3 Å². The average molecular weight is 299 g/mol. The predicted octanol–water partition coefficient (Wildman–Crippen LogP) is 1.50. The maximum Gasteiger partial charge on any atom is 0.338 e. The number of anilines is 1. The van der Waals surface area contributed by atoms with Gasteiger partial charge in [-0.3, -0.25) is 14.9 Å². The number of carboxylic acids is 1. The Hall–Kier alpha value is -2.71. The van der Waals surface area contributed by atoms with E-state index in [1.54, 1.807) is 0 Å². The summed E-state index contributed by atoms with van der Waals surface area (Å²) in [6.45, 7) is 0.264. The molecule has 0 radical (unpaired) electrons. The molecule has 0 atom stereocenters. The minimum atomic E-state index is -1.58. The number of hydrogen-bond acceptors (Lipinski definition) is 5. The topological polar surface area (TPSA) is 136 Å². The summed E-state index contributed by atoms with van der Waals surface area (Å²) in [5.74, 6) is -3.09. The second kappa shape index (κ2) is 7.17. The zero-order valence-corrected chi connectivity index (χ0v) is 11.0. The molecule has 0 bridgehead atoms. The molecule has 0 unspecified atom stereocenters. The smallest absolute Gasteiger partial charge is 0.338 e. The fourth-order valence-corrected chi connectivity index (χ4v) is 1.67. The number of halogens is 1. The fourth-order valence-electron chi connectivity index (χ4n) is 1.67. The summed E-state index contributed by atoms with van der Waals surface area (Å²) in [4.78, 5) is 31.4. The van der Waals surface area contributed by atoms with E-state index in [1.165, 1.54) is 0 Å². The lowest BCUT2D eigenvalue weighted by Crippen LogP contribution is -2.11. The van der Waals surface area contributed by atoms with Crippen LogP contribution >= 0.6 is 0 Å². The van der Waals surface area contributed by atoms with E-state index in [0.29, 0.717) is 18.9 Å². The first kappa shape index (κ1) is 16.3. The number of nitrogens with one attached hydrogen (secondary N) is 1. The number of nitro groups is 1. The van der Waals surface area contributed by atoms with Crippen molar-refractivity contribution in [3.63, 3.8) is 0 Å². The number of carbonyl (C=O) groups is 2. The number of rotatable bonds is 8. The van der Waals surface area contributed by atoms with Crippen LogP contribution in [0.25, 0.3) is 0 Å². The van der Waals surface area contributed by atoms with E-state index < -0.39 is 33.9 Å². The minimum Gasteiger partial charge on any atom is -0.478 e. The number of carbonyl (C=O) groups excluding carboxylic acids is 1. The van der Waals surface area contributed by atoms with Crippen LogP contribution in [0.1, 0.15) is 29.6 Å². The van der Waals surface area contributed by atoms with Gasteiger partial charge in [0.05, 0.1) is 4.92 Å². The van der Waals surface area contributed by atoms with Gasteiger partial charge in [-0.15, -0.1) is 0 Å². The van der Waals surface area contributed by atoms with Gasteiger partial charge in [0, 0.05) is 25.1 Å². The molecule has 0 aliphatic carbocycles. The molecule has 4 N–H and O–H groups in total. The number of nitro benzene ring substituents is 1. The van der Waals surface area contributed by atoms with Gasteiger partial charge in [-0.25, -0.2) is 9.18 Å². The average Bonchev–Trinajstić information content (AvgIpc) is 2.37. The maximum atomic E-state index is 13.5. The van der Waals surface area contributed by atoms with Crippen LogP contribution in [0.4, 0.5) is 15.8 Å². The number of carboxylic acid groups (broad SMARTS) is 1. The molecule has 8 nitrogen and oxygen atoms in total. The molecular weight excluding hydrogens is 285 g/mol. The lowest BCUT2D eigenvalue weighted by molar-refractivity contribution is -0.384. The molecule has 0 saturated carbocycles. The van der Waals surface area contributed by atoms with Gasteiger partial charge in [-0.2, -0.15) is 0 Å². The van der Waals surface area contributed by atoms with Gasteiger partial charge in [0.2, 0.25) is 5.91 Å². The Morgan fingerprint density at radius 2 is 2.05 bits per heavy atom. The highest BCUT2D eigenvalue weighted by Crippen LogP contribution is 2.28. The molecule has 114 valence electrons. The lowest BCUT2D eigenvalue weighted by Gasteiger charge is -2.08. The molecule has 1 rings (SSSR count). The van der Waals surface area contributed by atoms with Crippen LogP contribution in [-0.4, -0.2) is 28.5 Å². The number of amides is 1. The Bertz CT molecular complexity index is 576. The molecule has 0 aliphatic heterocycles. The largest absolute Gasteiger partial charge is 0.478 e. The first-order chi connectivity index (χ1) is 9.82. The van der Waals surface area contributed by atoms with Gasteiger partial charge < -0.3 is 16.2 Å². The molecule has 1 aromatic carbocycles. The Labute approximate surface area is 118 Å². The summed E-state index contributed by atoms with van der Waals surface area (Å²) in [7, 11) is 0. The van der Waals surface area contributed by atoms with Crippen molar-refractivity contribution in [1.29, 1.82) is 0 Å². The van der Waals surface area contributed by atoms with Crippen molar-refractivity contribution in [2.75, 3.05) is 11.9 Å². The third-order valence-corrected chi connectivity index (χ3v) is 2.68. The van der Waals surface area contributed by atoms with E-state index in [0.717, 1.165) is 6.07 Å². The van der Waals surface area contributed by atoms with E-state index in [-0.39, 0.29) is 18.7 Å². The number of nitrogens with zero attached hydrogens (tertiary/aromatic N) is 1. The fraction of sp³-hybridized carbons (Fsp3) is 0.333. The SMILES string of the molecule is NC(=O)CCCCNc1cc(F)c(C(=O)O)cc1[N+](=O)[O-]. The summed E-state index contributed by atoms with van der Waals surface area (Å²) in [5, 5.41) is 22.3. The van der Waals surface area contributed by atoms with Gasteiger partial charge in [0.1, 0.15) is 17.1 Å². The predicted molar refractivity (Wildman–Crippen MR) is 71.5 cm³/mol. The number of benzene rings is 1. The minimum absolute atomic E-state index is 0.110. The Morgan fingerprint density at radius 1 is 1.38 bits per heavy atom. The van der Waals surface area contributed by atoms with Crippen molar-refractivity contribution in [2.45, 2.75) is 19.3 Å². The molecule has 0 heterocycles. The number of nitrogens with two attached hydrogens (primary N) is 1. The Morgan fingerprint density at radius 3 is 2.57 bits per heavy atom. The standard InChI is InChI=1S/C12H14FN3O5/c13-8-6-9(15-4-2-1-3-11(14)17)10(16(20)21)5-7(8)12(18)19/h5-6,15H,1-4H2,(H2,14,17)(H,18,19). The summed E-state index contributed by atoms with van der Waals surface area (Å²) < 4.78 is 13.5. The molecule has 1 aromatic rings. The van der Waals surface area contributed by atoms with Crippen LogP contribution in [0.15, 0.2) is 12.1 Å². The van der Waals surface area contributed by atoms with Gasteiger partial charge >= 0.3 is 5.97 Å². The van der Waals surface area contributed by atoms with E-state index in [2.05, 4.69) is 5.32 Å². The van der Waals surface area contributed by atoms with E-state index >= 15 is 0 Å². The lowest BCUT2D eigenvalue weighted by atomic mass is 10.1. The highest BCUT2D eigenvalue weighted by molar-refractivity contribution is 5.90. The van der Waals surface area contributed by atoms with Crippen LogP contribution in [0.5, 0.6) is 0 Å². The van der Waals surface area contributed by atoms with Crippen molar-refractivity contribution in [3.05, 3.63) is 33.6 Å². The van der Waals surface area contributed by atoms with Crippen molar-refractivity contribution < 1.29 is 24.0 Å². The molecule has 9 heteroatoms. The summed E-state index contributed by atoms with van der Waals surface area (Å²) >= 11 is 0. The zero-order valence-electron chi connectivity index (χ0n) is 11.0. The van der Waals surface area contributed by atoms with Crippen LogP contribution in [0, 0.1) is 15.9 Å². The third kappa shape index (κ3) is 4.71. The second-order valence-corrected chi connectivity index (χ2v) is 4.26. The molecular formula is C12H14FN3O5. The van der Waals surface area contributed by atoms with Crippen LogP contribution in [-0.2, 0) is 4.79 Å². The van der Waals surface area contributed by atoms with Crippen molar-refractivity contribution in [2.24, 2.45) is 5.73 Å². The van der Waals surface area contributed by atoms with Gasteiger partial charge in [-0.05, 0) is 12.8 Å². The molecule has 0 aliphatic rings. The molecule has 1 amide bonds. The number of unbranched alkanes of at least 4 members (excludes halogenated alkanes) is 1. The number of primary amides is 1. The summed E-state index contributed by atoms with van der Waals surface area (Å²) in [5.41, 5.74) is 3.56. The van der Waals surface area contributed by atoms with Crippen LogP contribution in [0.3, 0.4) is 0 Å². The van der Waals surface area contributed by atoms with Crippen molar-refractivity contribution in [1.82, 2.24) is 0 Å². The van der Waals surface area contributed by atoms with Crippen molar-refractivity contribution in [3.8, 4) is 0 Å². The monoisotopic (exact) mass is 299 g/mol. The number of aromatic carboxylic acids is 1. The summed E-state index contributed by atoms with van der Waals surface area (Å²) in [6.07, 6.45) is 1.18. The Balaban J connectivity index is 2.81. The highest BCUT2D eigenvalue weighted by atomic mass is 19.1. The third-order valence-electron chi connectivity index (χ3n) is 2.68. The van der Waals surface area contributed by atoms with Gasteiger partial charge in [-0.1, -0.05) is 0 Å². The Kier molecular flexibility index (Phi) is 5.58. The molecule has 0 saturated heterocycles. The first-order valence-corrected chi connectivity index (χ1v) is 6.06. The van der Waals surface area contributed by atoms with E-state index in [1.807, 2.05) is 0 Å². The van der Waals surface area contributed by atoms with Gasteiger partial charge in [0.15, 0.2) is 0 Å². The van der Waals surface area contributed by atoms with Gasteiger partial charge in [0.25, 0.3) is 5.69 Å². The van der Waals surface area contributed by atoms with Crippen LogP contribution in [0.2, 0.25) is 0 Å². The van der Waals surface area contributed by atoms with E-state index in [4.69, 9.17) is 10.8 Å². The van der Waals surface area contributed by atoms with E-state index in [9.17, 15) is 24.1 Å². The second-order valence-electron chi connectivity index (χ2n) is 4.26. The zero-order chi connectivity index (χ0) is 16.0. The molecule has 0 aromatic heterocycles. The first-order valence-electron chi connectivity index (χ1n) is 6.06. The highest BCUT2D eigenvalue weighted by Gasteiger charge is 2.21. The normalized spacial score (nSPS) is 10.1.